The summed E-state index contributed by atoms with van der Waals surface area (Å²) in [5, 5.41) is 0. The van der Waals surface area contributed by atoms with Crippen LogP contribution < -0.4 is 5.73 Å². The lowest BCUT2D eigenvalue weighted by Gasteiger charge is -1.89. The summed E-state index contributed by atoms with van der Waals surface area (Å²) >= 11 is 0. The quantitative estimate of drug-likeness (QED) is 0.727. The first-order chi connectivity index (χ1) is 7.70. The largest absolute Gasteiger partial charge is 0.377 e. The van der Waals surface area contributed by atoms with Gasteiger partial charge in [0, 0.05) is 5.56 Å². The highest BCUT2D eigenvalue weighted by molar-refractivity contribution is 5.92. The molecule has 1 aromatic carbocycles. The minimum atomic E-state index is -0.379. The molecule has 4 nitrogen and oxygen atoms in total. The zero-order valence-corrected chi connectivity index (χ0v) is 9.39. The lowest BCUT2D eigenvalue weighted by Crippen LogP contribution is -2.09. The molecule has 0 bridgehead atoms. The van der Waals surface area contributed by atoms with Crippen LogP contribution in [0.3, 0.4) is 0 Å². The monoisotopic (exact) mass is 223 g/mol. The van der Waals surface area contributed by atoms with Crippen molar-refractivity contribution in [3.05, 3.63) is 35.9 Å². The molecule has 2 N–H and O–H groups in total. The van der Waals surface area contributed by atoms with E-state index in [0.29, 0.717) is 11.7 Å². The van der Waals surface area contributed by atoms with E-state index in [4.69, 9.17) is 10.5 Å². The van der Waals surface area contributed by atoms with Crippen molar-refractivity contribution in [1.82, 2.24) is 0 Å². The number of ether oxygens (including phenoxy) is 2. The van der Waals surface area contributed by atoms with Crippen LogP contribution in [0.5, 0.6) is 0 Å². The van der Waals surface area contributed by atoms with Gasteiger partial charge in [-0.1, -0.05) is 18.2 Å². The van der Waals surface area contributed by atoms with Crippen LogP contribution in [0, 0.1) is 0 Å². The SMILES string of the molecule is C1CO1.CC1CO1.NC(=O)c1ccccc1. The van der Waals surface area contributed by atoms with Gasteiger partial charge in [0.05, 0.1) is 25.9 Å². The van der Waals surface area contributed by atoms with Crippen molar-refractivity contribution >= 4 is 5.91 Å². The highest BCUT2D eigenvalue weighted by Crippen LogP contribution is 2.04. The van der Waals surface area contributed by atoms with Crippen molar-refractivity contribution < 1.29 is 14.3 Å². The van der Waals surface area contributed by atoms with E-state index in [2.05, 4.69) is 11.7 Å². The minimum Gasteiger partial charge on any atom is -0.377 e. The molecule has 0 spiro atoms. The fourth-order valence-corrected chi connectivity index (χ4v) is 0.699. The first-order valence-corrected chi connectivity index (χ1v) is 5.24. The zero-order chi connectivity index (χ0) is 11.8. The molecule has 0 radical (unpaired) electrons. The van der Waals surface area contributed by atoms with E-state index < -0.39 is 0 Å². The number of primary amides is 1. The molecule has 1 atom stereocenters. The molecule has 0 aliphatic carbocycles. The first-order valence-electron chi connectivity index (χ1n) is 5.24. The van der Waals surface area contributed by atoms with Crippen molar-refractivity contribution in [2.75, 3.05) is 19.8 Å². The van der Waals surface area contributed by atoms with Crippen LogP contribution in [0.25, 0.3) is 0 Å². The summed E-state index contributed by atoms with van der Waals surface area (Å²) in [6, 6.07) is 8.76. The van der Waals surface area contributed by atoms with Crippen molar-refractivity contribution in [3.63, 3.8) is 0 Å². The average Bonchev–Trinajstić information content (AvgIpc) is 3.14. The fourth-order valence-electron chi connectivity index (χ4n) is 0.699. The Morgan fingerprint density at radius 1 is 1.31 bits per heavy atom. The molecular weight excluding hydrogens is 206 g/mol. The molecule has 3 rings (SSSR count). The number of carbonyl (C=O) groups is 1. The Bertz CT molecular complexity index is 305. The van der Waals surface area contributed by atoms with Crippen molar-refractivity contribution in [1.29, 1.82) is 0 Å². The lowest BCUT2D eigenvalue weighted by atomic mass is 10.2. The van der Waals surface area contributed by atoms with Gasteiger partial charge in [0.25, 0.3) is 0 Å². The highest BCUT2D eigenvalue weighted by Gasteiger charge is 2.13. The van der Waals surface area contributed by atoms with Crippen LogP contribution in [-0.4, -0.2) is 31.8 Å². The molecular formula is C12H17NO3. The molecule has 88 valence electrons. The normalized spacial score (nSPS) is 19.4. The maximum atomic E-state index is 10.4. The standard InChI is InChI=1S/C7H7NO.C3H6O.C2H4O/c8-7(9)6-4-2-1-3-5-6;1-3-2-4-3;1-2-3-1/h1-5H,(H2,8,9);3H,2H2,1H3;1-2H2. The molecule has 0 saturated carbocycles. The van der Waals surface area contributed by atoms with E-state index >= 15 is 0 Å². The maximum Gasteiger partial charge on any atom is 0.248 e. The second kappa shape index (κ2) is 6.98. The van der Waals surface area contributed by atoms with Crippen LogP contribution in [0.4, 0.5) is 0 Å². The van der Waals surface area contributed by atoms with E-state index in [9.17, 15) is 4.79 Å². The molecule has 16 heavy (non-hydrogen) atoms. The van der Waals surface area contributed by atoms with E-state index in [1.54, 1.807) is 24.3 Å². The van der Waals surface area contributed by atoms with Gasteiger partial charge < -0.3 is 15.2 Å². The number of epoxide rings is 2. The summed E-state index contributed by atoms with van der Waals surface area (Å²) in [7, 11) is 0. The number of nitrogens with two attached hydrogens (primary N) is 1. The van der Waals surface area contributed by atoms with Crippen LogP contribution in [0.2, 0.25) is 0 Å². The number of hydrogen-bond acceptors (Lipinski definition) is 3. The van der Waals surface area contributed by atoms with Crippen molar-refractivity contribution in [3.8, 4) is 0 Å². The van der Waals surface area contributed by atoms with Gasteiger partial charge in [-0.05, 0) is 19.1 Å². The van der Waals surface area contributed by atoms with Crippen molar-refractivity contribution in [2.45, 2.75) is 13.0 Å². The van der Waals surface area contributed by atoms with Crippen LogP contribution in [-0.2, 0) is 9.47 Å². The Morgan fingerprint density at radius 3 is 1.94 bits per heavy atom. The predicted molar refractivity (Wildman–Crippen MR) is 61.2 cm³/mol. The number of rotatable bonds is 1. The molecule has 2 saturated heterocycles. The van der Waals surface area contributed by atoms with Gasteiger partial charge in [-0.25, -0.2) is 0 Å². The summed E-state index contributed by atoms with van der Waals surface area (Å²) < 4.78 is 9.21. The molecule has 2 fully saturated rings. The molecule has 2 heterocycles. The van der Waals surface area contributed by atoms with Gasteiger partial charge >= 0.3 is 0 Å². The molecule has 2 aliphatic heterocycles. The second-order valence-electron chi connectivity index (χ2n) is 3.49. The van der Waals surface area contributed by atoms with E-state index in [0.717, 1.165) is 19.8 Å². The van der Waals surface area contributed by atoms with Gasteiger partial charge in [0.2, 0.25) is 5.91 Å². The van der Waals surface area contributed by atoms with Gasteiger partial charge in [0.1, 0.15) is 0 Å². The van der Waals surface area contributed by atoms with Gasteiger partial charge in [0.15, 0.2) is 0 Å². The Labute approximate surface area is 95.3 Å². The lowest BCUT2D eigenvalue weighted by molar-refractivity contribution is 0.100. The Balaban J connectivity index is 0.000000148. The minimum absolute atomic E-state index is 0.379. The fraction of sp³-hybridized carbons (Fsp3) is 0.417. The molecule has 0 aromatic heterocycles. The van der Waals surface area contributed by atoms with Crippen LogP contribution >= 0.6 is 0 Å². The third-order valence-electron chi connectivity index (χ3n) is 1.76. The molecule has 4 heteroatoms. The predicted octanol–water partition coefficient (Wildman–Crippen LogP) is 1.21. The van der Waals surface area contributed by atoms with Crippen LogP contribution in [0.15, 0.2) is 30.3 Å². The third-order valence-corrected chi connectivity index (χ3v) is 1.76. The van der Waals surface area contributed by atoms with E-state index in [1.807, 2.05) is 6.07 Å². The Kier molecular flexibility index (Phi) is 5.53. The first kappa shape index (κ1) is 12.7. The van der Waals surface area contributed by atoms with E-state index in [1.165, 1.54) is 0 Å². The van der Waals surface area contributed by atoms with Gasteiger partial charge in [-0.15, -0.1) is 0 Å². The molecule has 1 aromatic rings. The second-order valence-corrected chi connectivity index (χ2v) is 3.49. The summed E-state index contributed by atoms with van der Waals surface area (Å²) in [6.45, 7) is 5.04. The smallest absolute Gasteiger partial charge is 0.248 e. The summed E-state index contributed by atoms with van der Waals surface area (Å²) in [5.41, 5.74) is 5.53. The number of carbonyl (C=O) groups excluding carboxylic acids is 1. The summed E-state index contributed by atoms with van der Waals surface area (Å²) in [4.78, 5) is 10.4. The van der Waals surface area contributed by atoms with Gasteiger partial charge in [-0.2, -0.15) is 0 Å². The number of benzene rings is 1. The average molecular weight is 223 g/mol. The third kappa shape index (κ3) is 7.96. The Morgan fingerprint density at radius 2 is 1.75 bits per heavy atom. The number of hydrogen-bond donors (Lipinski definition) is 1. The van der Waals surface area contributed by atoms with Gasteiger partial charge in [-0.3, -0.25) is 4.79 Å². The topological polar surface area (TPSA) is 68.2 Å². The van der Waals surface area contributed by atoms with Crippen LogP contribution in [0.1, 0.15) is 17.3 Å². The molecule has 2 aliphatic rings. The maximum absolute atomic E-state index is 10.4. The zero-order valence-electron chi connectivity index (χ0n) is 9.39. The Hall–Kier alpha value is -1.39. The summed E-state index contributed by atoms with van der Waals surface area (Å²) in [6.07, 6.45) is 0.583. The number of amides is 1. The molecule has 1 unspecified atom stereocenters. The highest BCUT2D eigenvalue weighted by atomic mass is 16.6. The summed E-state index contributed by atoms with van der Waals surface area (Å²) in [5.74, 6) is -0.379. The molecule has 1 amide bonds. The van der Waals surface area contributed by atoms with E-state index in [-0.39, 0.29) is 5.91 Å². The van der Waals surface area contributed by atoms with Crippen molar-refractivity contribution in [2.24, 2.45) is 5.73 Å².